The molecule has 7 heteroatoms. The van der Waals surface area contributed by atoms with Gasteiger partial charge in [-0.3, -0.25) is 4.57 Å². The average Bonchev–Trinajstić information content (AvgIpc) is 2.94. The molecular formula is C18H21FN6. The van der Waals surface area contributed by atoms with Crippen LogP contribution in [0.4, 0.5) is 10.2 Å². The fourth-order valence-electron chi connectivity index (χ4n) is 3.46. The zero-order chi connectivity index (χ0) is 17.6. The lowest BCUT2D eigenvalue weighted by Crippen LogP contribution is -2.54. The predicted octanol–water partition coefficient (Wildman–Crippen LogP) is 2.45. The summed E-state index contributed by atoms with van der Waals surface area (Å²) in [6, 6.07) is 3.49. The molecule has 0 amide bonds. The third-order valence-electron chi connectivity index (χ3n) is 4.74. The molecule has 0 aliphatic carbocycles. The molecule has 0 saturated carbocycles. The van der Waals surface area contributed by atoms with Crippen LogP contribution < -0.4 is 10.2 Å². The van der Waals surface area contributed by atoms with Crippen molar-refractivity contribution >= 4 is 16.9 Å². The minimum absolute atomic E-state index is 0.316. The zero-order valence-corrected chi connectivity index (χ0v) is 14.6. The van der Waals surface area contributed by atoms with Crippen molar-refractivity contribution in [2.45, 2.75) is 32.9 Å². The fourth-order valence-corrected chi connectivity index (χ4v) is 3.46. The monoisotopic (exact) mass is 340 g/mol. The maximum Gasteiger partial charge on any atom is 0.151 e. The topological polar surface area (TPSA) is 58.9 Å². The normalized spacial score (nSPS) is 21.0. The molecule has 1 fully saturated rings. The molecule has 3 aromatic rings. The van der Waals surface area contributed by atoms with E-state index in [0.717, 1.165) is 35.5 Å². The maximum atomic E-state index is 13.6. The fraction of sp³-hybridized carbons (Fsp3) is 0.389. The van der Waals surface area contributed by atoms with E-state index < -0.39 is 0 Å². The summed E-state index contributed by atoms with van der Waals surface area (Å²) in [6.45, 7) is 8.19. The minimum Gasteiger partial charge on any atom is -0.350 e. The van der Waals surface area contributed by atoms with E-state index in [9.17, 15) is 4.39 Å². The molecule has 0 unspecified atom stereocenters. The summed E-state index contributed by atoms with van der Waals surface area (Å²) in [4.78, 5) is 15.6. The summed E-state index contributed by atoms with van der Waals surface area (Å²) in [5, 5.41) is 4.48. The van der Waals surface area contributed by atoms with Crippen molar-refractivity contribution in [3.05, 3.63) is 42.2 Å². The molecule has 4 heterocycles. The van der Waals surface area contributed by atoms with Crippen molar-refractivity contribution in [3.8, 4) is 5.82 Å². The highest BCUT2D eigenvalue weighted by Gasteiger charge is 2.26. The average molecular weight is 340 g/mol. The second-order valence-electron chi connectivity index (χ2n) is 6.72. The van der Waals surface area contributed by atoms with E-state index in [4.69, 9.17) is 0 Å². The summed E-state index contributed by atoms with van der Waals surface area (Å²) < 4.78 is 15.5. The molecule has 0 spiro atoms. The van der Waals surface area contributed by atoms with Gasteiger partial charge in [0.1, 0.15) is 23.8 Å². The van der Waals surface area contributed by atoms with Crippen LogP contribution in [0.1, 0.15) is 19.4 Å². The molecule has 1 saturated heterocycles. The number of aryl methyl sites for hydroxylation is 1. The van der Waals surface area contributed by atoms with Gasteiger partial charge in [0, 0.05) is 43.6 Å². The quantitative estimate of drug-likeness (QED) is 0.776. The molecule has 0 aromatic carbocycles. The first kappa shape index (κ1) is 16.0. The van der Waals surface area contributed by atoms with Crippen LogP contribution in [0.2, 0.25) is 0 Å². The number of fused-ring (bicyclic) bond motifs is 1. The predicted molar refractivity (Wildman–Crippen MR) is 95.6 cm³/mol. The lowest BCUT2D eigenvalue weighted by molar-refractivity contribution is 0.423. The Kier molecular flexibility index (Phi) is 3.88. The highest BCUT2D eigenvalue weighted by atomic mass is 19.1. The van der Waals surface area contributed by atoms with Crippen LogP contribution in [0.5, 0.6) is 0 Å². The molecule has 2 atom stereocenters. The Morgan fingerprint density at radius 2 is 2.08 bits per heavy atom. The Labute approximate surface area is 145 Å². The molecule has 130 valence electrons. The Bertz CT molecular complexity index is 921. The van der Waals surface area contributed by atoms with Crippen LogP contribution in [0.3, 0.4) is 0 Å². The van der Waals surface area contributed by atoms with Crippen LogP contribution in [0, 0.1) is 12.7 Å². The third-order valence-corrected chi connectivity index (χ3v) is 4.74. The van der Waals surface area contributed by atoms with E-state index in [1.54, 1.807) is 6.33 Å². The van der Waals surface area contributed by atoms with E-state index in [0.29, 0.717) is 17.9 Å². The van der Waals surface area contributed by atoms with Gasteiger partial charge in [0.15, 0.2) is 5.65 Å². The highest BCUT2D eigenvalue weighted by Crippen LogP contribution is 2.31. The lowest BCUT2D eigenvalue weighted by Gasteiger charge is -2.38. The van der Waals surface area contributed by atoms with Crippen LogP contribution in [0.15, 0.2) is 30.9 Å². The van der Waals surface area contributed by atoms with Gasteiger partial charge < -0.3 is 10.2 Å². The number of pyridine rings is 1. The van der Waals surface area contributed by atoms with Gasteiger partial charge in [-0.25, -0.2) is 19.3 Å². The van der Waals surface area contributed by atoms with Crippen molar-refractivity contribution in [1.29, 1.82) is 0 Å². The lowest BCUT2D eigenvalue weighted by atomic mass is 10.1. The Morgan fingerprint density at radius 1 is 1.24 bits per heavy atom. The summed E-state index contributed by atoms with van der Waals surface area (Å²) in [5.74, 6) is 1.13. The summed E-state index contributed by atoms with van der Waals surface area (Å²) in [6.07, 6.45) is 4.99. The number of aromatic nitrogens is 4. The minimum atomic E-state index is -0.316. The van der Waals surface area contributed by atoms with E-state index >= 15 is 0 Å². The maximum absolute atomic E-state index is 13.6. The zero-order valence-electron chi connectivity index (χ0n) is 14.6. The van der Waals surface area contributed by atoms with Gasteiger partial charge in [0.25, 0.3) is 0 Å². The van der Waals surface area contributed by atoms with Gasteiger partial charge in [0.2, 0.25) is 0 Å². The molecule has 3 aromatic heterocycles. The van der Waals surface area contributed by atoms with Crippen molar-refractivity contribution in [3.63, 3.8) is 0 Å². The number of hydrogen-bond acceptors (Lipinski definition) is 5. The van der Waals surface area contributed by atoms with E-state index in [-0.39, 0.29) is 5.82 Å². The number of hydrogen-bond donors (Lipinski definition) is 1. The molecule has 6 nitrogen and oxygen atoms in total. The number of halogens is 1. The molecule has 4 rings (SSSR count). The summed E-state index contributed by atoms with van der Waals surface area (Å²) in [5.41, 5.74) is 1.80. The first-order chi connectivity index (χ1) is 12.0. The molecule has 25 heavy (non-hydrogen) atoms. The number of nitrogens with one attached hydrogen (secondary N) is 1. The number of nitrogens with zero attached hydrogens (tertiary/aromatic N) is 5. The SMILES string of the molecule is Cc1cn(-c2cc(F)ccn2)c2ncnc(N3C[C@@H](C)NC[C@@H]3C)c12. The molecule has 0 bridgehead atoms. The van der Waals surface area contributed by atoms with E-state index in [2.05, 4.69) is 39.0 Å². The van der Waals surface area contributed by atoms with Gasteiger partial charge in [0.05, 0.1) is 5.39 Å². The molecule has 1 aliphatic rings. The third kappa shape index (κ3) is 2.74. The van der Waals surface area contributed by atoms with Crippen LogP contribution in [-0.4, -0.2) is 44.7 Å². The first-order valence-electron chi connectivity index (χ1n) is 8.49. The Balaban J connectivity index is 1.88. The second kappa shape index (κ2) is 6.07. The largest absolute Gasteiger partial charge is 0.350 e. The summed E-state index contributed by atoms with van der Waals surface area (Å²) >= 11 is 0. The van der Waals surface area contributed by atoms with Gasteiger partial charge in [-0.2, -0.15) is 0 Å². The van der Waals surface area contributed by atoms with Gasteiger partial charge in [-0.15, -0.1) is 0 Å². The smallest absolute Gasteiger partial charge is 0.151 e. The molecule has 0 radical (unpaired) electrons. The van der Waals surface area contributed by atoms with Crippen LogP contribution in [-0.2, 0) is 0 Å². The Morgan fingerprint density at radius 3 is 2.88 bits per heavy atom. The first-order valence-corrected chi connectivity index (χ1v) is 8.49. The van der Waals surface area contributed by atoms with Crippen molar-refractivity contribution in [2.24, 2.45) is 0 Å². The van der Waals surface area contributed by atoms with Gasteiger partial charge in [-0.05, 0) is 32.4 Å². The highest BCUT2D eigenvalue weighted by molar-refractivity contribution is 5.92. The molecular weight excluding hydrogens is 319 g/mol. The molecule has 1 N–H and O–H groups in total. The standard InChI is InChI=1S/C18H21FN6/c1-11-8-25(15-6-14(19)4-5-20-15)18-16(11)17(22-10-23-18)24-9-12(2)21-7-13(24)3/h4-6,8,10,12-13,21H,7,9H2,1-3H3/t12-,13+/m1/s1. The van der Waals surface area contributed by atoms with Crippen LogP contribution in [0.25, 0.3) is 16.9 Å². The van der Waals surface area contributed by atoms with Crippen molar-refractivity contribution in [2.75, 3.05) is 18.0 Å². The van der Waals surface area contributed by atoms with Crippen molar-refractivity contribution < 1.29 is 4.39 Å². The Hall–Kier alpha value is -2.54. The van der Waals surface area contributed by atoms with Gasteiger partial charge in [-0.1, -0.05) is 0 Å². The number of rotatable bonds is 2. The summed E-state index contributed by atoms with van der Waals surface area (Å²) in [7, 11) is 0. The number of piperazine rings is 1. The van der Waals surface area contributed by atoms with E-state index in [1.807, 2.05) is 17.7 Å². The van der Waals surface area contributed by atoms with Gasteiger partial charge >= 0.3 is 0 Å². The second-order valence-corrected chi connectivity index (χ2v) is 6.72. The van der Waals surface area contributed by atoms with Crippen molar-refractivity contribution in [1.82, 2.24) is 24.8 Å². The molecule has 1 aliphatic heterocycles. The van der Waals surface area contributed by atoms with Crippen LogP contribution >= 0.6 is 0 Å². The van der Waals surface area contributed by atoms with E-state index in [1.165, 1.54) is 18.3 Å². The number of anilines is 1.